The van der Waals surface area contributed by atoms with Gasteiger partial charge in [-0.15, -0.1) is 0 Å². The molecule has 112 valence electrons. The molecule has 6 nitrogen and oxygen atoms in total. The number of hydrogen-bond acceptors (Lipinski definition) is 5. The molecule has 0 fully saturated rings. The maximum absolute atomic E-state index is 10.8. The molecule has 0 saturated heterocycles. The summed E-state index contributed by atoms with van der Waals surface area (Å²) in [6.07, 6.45) is 0.734. The Labute approximate surface area is 126 Å². The van der Waals surface area contributed by atoms with E-state index in [0.717, 1.165) is 6.42 Å². The van der Waals surface area contributed by atoms with Gasteiger partial charge in [-0.2, -0.15) is 4.98 Å². The van der Waals surface area contributed by atoms with Crippen molar-refractivity contribution in [1.29, 1.82) is 0 Å². The van der Waals surface area contributed by atoms with Gasteiger partial charge in [-0.1, -0.05) is 30.6 Å². The highest BCUT2D eigenvalue weighted by molar-refractivity contribution is 6.32. The molecule has 0 aliphatic rings. The van der Waals surface area contributed by atoms with Crippen molar-refractivity contribution in [2.45, 2.75) is 26.9 Å². The van der Waals surface area contributed by atoms with Crippen LogP contribution < -0.4 is 4.74 Å². The van der Waals surface area contributed by atoms with Crippen LogP contribution in [0.2, 0.25) is 5.02 Å². The van der Waals surface area contributed by atoms with Crippen LogP contribution in [-0.2, 0) is 13.0 Å². The third kappa shape index (κ3) is 4.19. The van der Waals surface area contributed by atoms with Gasteiger partial charge in [-0.05, 0) is 24.1 Å². The lowest BCUT2D eigenvalue weighted by Gasteiger charge is -2.06. The zero-order chi connectivity index (χ0) is 15.4. The van der Waals surface area contributed by atoms with Crippen LogP contribution in [0.1, 0.15) is 35.9 Å². The van der Waals surface area contributed by atoms with Crippen molar-refractivity contribution in [1.82, 2.24) is 10.1 Å². The Morgan fingerprint density at radius 1 is 1.48 bits per heavy atom. The molecular weight excluding hydrogens is 296 g/mol. The summed E-state index contributed by atoms with van der Waals surface area (Å²) in [5.41, 5.74) is 0.101. The average molecular weight is 311 g/mol. The first-order chi connectivity index (χ1) is 9.95. The van der Waals surface area contributed by atoms with Crippen molar-refractivity contribution >= 4 is 17.6 Å². The number of halogens is 1. The van der Waals surface area contributed by atoms with Gasteiger partial charge in [0.1, 0.15) is 5.75 Å². The van der Waals surface area contributed by atoms with Crippen molar-refractivity contribution in [2.24, 2.45) is 5.92 Å². The molecule has 1 aromatic carbocycles. The molecule has 0 unspecified atom stereocenters. The van der Waals surface area contributed by atoms with Gasteiger partial charge in [0.2, 0.25) is 0 Å². The van der Waals surface area contributed by atoms with Crippen molar-refractivity contribution < 1.29 is 19.2 Å². The minimum absolute atomic E-state index is 0.0806. The van der Waals surface area contributed by atoms with Gasteiger partial charge in [-0.25, -0.2) is 4.79 Å². The van der Waals surface area contributed by atoms with E-state index in [2.05, 4.69) is 24.0 Å². The molecule has 2 aromatic rings. The van der Waals surface area contributed by atoms with E-state index < -0.39 is 5.97 Å². The Morgan fingerprint density at radius 2 is 2.24 bits per heavy atom. The van der Waals surface area contributed by atoms with E-state index in [1.807, 2.05) is 0 Å². The standard InChI is InChI=1S/C14H15ClN2O4/c1-8(2)5-12-16-13(21-17-12)7-20-11-4-3-9(14(18)19)6-10(11)15/h3-4,6,8H,5,7H2,1-2H3,(H,18,19). The highest BCUT2D eigenvalue weighted by Gasteiger charge is 2.11. The summed E-state index contributed by atoms with van der Waals surface area (Å²) >= 11 is 5.96. The molecule has 21 heavy (non-hydrogen) atoms. The molecule has 1 N–H and O–H groups in total. The van der Waals surface area contributed by atoms with E-state index in [0.29, 0.717) is 23.4 Å². The minimum atomic E-state index is -1.04. The summed E-state index contributed by atoms with van der Waals surface area (Å²) < 4.78 is 10.5. The molecule has 2 rings (SSSR count). The lowest BCUT2D eigenvalue weighted by atomic mass is 10.1. The van der Waals surface area contributed by atoms with Crippen molar-refractivity contribution in [2.75, 3.05) is 0 Å². The second-order valence-electron chi connectivity index (χ2n) is 4.94. The van der Waals surface area contributed by atoms with Crippen LogP contribution in [0.4, 0.5) is 0 Å². The van der Waals surface area contributed by atoms with Crippen LogP contribution in [0.5, 0.6) is 5.75 Å². The molecule has 0 bridgehead atoms. The molecule has 1 aromatic heterocycles. The van der Waals surface area contributed by atoms with E-state index in [4.69, 9.17) is 26.0 Å². The zero-order valence-corrected chi connectivity index (χ0v) is 12.4. The predicted octanol–water partition coefficient (Wildman–Crippen LogP) is 3.20. The summed E-state index contributed by atoms with van der Waals surface area (Å²) in [5.74, 6) is 0.748. The average Bonchev–Trinajstić information content (AvgIpc) is 2.83. The Bertz CT molecular complexity index is 640. The summed E-state index contributed by atoms with van der Waals surface area (Å²) in [4.78, 5) is 15.0. The fourth-order valence-electron chi connectivity index (χ4n) is 1.69. The first kappa shape index (κ1) is 15.3. The van der Waals surface area contributed by atoms with Gasteiger partial charge >= 0.3 is 5.97 Å². The highest BCUT2D eigenvalue weighted by atomic mass is 35.5. The van der Waals surface area contributed by atoms with E-state index in [1.54, 1.807) is 0 Å². The molecule has 0 atom stereocenters. The number of carboxylic acid groups (broad SMARTS) is 1. The van der Waals surface area contributed by atoms with Crippen molar-refractivity contribution in [3.8, 4) is 5.75 Å². The molecule has 0 amide bonds. The molecule has 0 spiro atoms. The summed E-state index contributed by atoms with van der Waals surface area (Å²) in [6, 6.07) is 4.25. The number of nitrogens with zero attached hydrogens (tertiary/aromatic N) is 2. The second kappa shape index (κ2) is 6.58. The molecule has 0 saturated carbocycles. The van der Waals surface area contributed by atoms with Crippen molar-refractivity contribution in [3.63, 3.8) is 0 Å². The number of carbonyl (C=O) groups is 1. The summed E-state index contributed by atoms with van der Waals surface area (Å²) in [7, 11) is 0. The monoisotopic (exact) mass is 310 g/mol. The van der Waals surface area contributed by atoms with Gasteiger partial charge in [0, 0.05) is 6.42 Å². The number of aromatic nitrogens is 2. The van der Waals surface area contributed by atoms with Crippen LogP contribution in [0, 0.1) is 5.92 Å². The van der Waals surface area contributed by atoms with Gasteiger partial charge in [-0.3, -0.25) is 0 Å². The Balaban J connectivity index is 1.99. The van der Waals surface area contributed by atoms with Crippen LogP contribution in [0.25, 0.3) is 0 Å². The van der Waals surface area contributed by atoms with Gasteiger partial charge in [0.25, 0.3) is 5.89 Å². The van der Waals surface area contributed by atoms with Gasteiger partial charge in [0.05, 0.1) is 10.6 Å². The first-order valence-corrected chi connectivity index (χ1v) is 6.80. The zero-order valence-electron chi connectivity index (χ0n) is 11.7. The second-order valence-corrected chi connectivity index (χ2v) is 5.35. The fourth-order valence-corrected chi connectivity index (χ4v) is 1.92. The molecule has 0 aliphatic heterocycles. The van der Waals surface area contributed by atoms with Crippen molar-refractivity contribution in [3.05, 3.63) is 40.5 Å². The molecule has 1 heterocycles. The fraction of sp³-hybridized carbons (Fsp3) is 0.357. The third-order valence-corrected chi connectivity index (χ3v) is 2.93. The lowest BCUT2D eigenvalue weighted by Crippen LogP contribution is -2.00. The third-order valence-electron chi connectivity index (χ3n) is 2.63. The molecular formula is C14H15ClN2O4. The van der Waals surface area contributed by atoms with Gasteiger partial charge < -0.3 is 14.4 Å². The Hall–Kier alpha value is -2.08. The molecule has 0 radical (unpaired) electrons. The summed E-state index contributed by atoms with van der Waals surface area (Å²) in [5, 5.41) is 12.9. The number of carboxylic acids is 1. The molecule has 0 aliphatic carbocycles. The Kier molecular flexibility index (Phi) is 4.80. The quantitative estimate of drug-likeness (QED) is 0.881. The first-order valence-electron chi connectivity index (χ1n) is 6.43. The number of benzene rings is 1. The minimum Gasteiger partial charge on any atom is -0.482 e. The van der Waals surface area contributed by atoms with Crippen LogP contribution in [0.3, 0.4) is 0 Å². The number of aromatic carboxylic acids is 1. The van der Waals surface area contributed by atoms with E-state index in [-0.39, 0.29) is 17.2 Å². The van der Waals surface area contributed by atoms with Crippen LogP contribution >= 0.6 is 11.6 Å². The highest BCUT2D eigenvalue weighted by Crippen LogP contribution is 2.26. The van der Waals surface area contributed by atoms with E-state index >= 15 is 0 Å². The number of ether oxygens (including phenoxy) is 1. The normalized spacial score (nSPS) is 10.9. The number of rotatable bonds is 6. The topological polar surface area (TPSA) is 85.5 Å². The SMILES string of the molecule is CC(C)Cc1noc(COc2ccc(C(=O)O)cc2Cl)n1. The molecule has 7 heteroatoms. The smallest absolute Gasteiger partial charge is 0.335 e. The van der Waals surface area contributed by atoms with E-state index in [1.165, 1.54) is 18.2 Å². The van der Waals surface area contributed by atoms with Crippen LogP contribution in [-0.4, -0.2) is 21.2 Å². The maximum atomic E-state index is 10.8. The summed E-state index contributed by atoms with van der Waals surface area (Å²) in [6.45, 7) is 4.21. The number of hydrogen-bond donors (Lipinski definition) is 1. The predicted molar refractivity (Wildman–Crippen MR) is 75.6 cm³/mol. The Morgan fingerprint density at radius 3 is 2.86 bits per heavy atom. The van der Waals surface area contributed by atoms with E-state index in [9.17, 15) is 4.79 Å². The lowest BCUT2D eigenvalue weighted by molar-refractivity contribution is 0.0697. The largest absolute Gasteiger partial charge is 0.482 e. The van der Waals surface area contributed by atoms with Crippen LogP contribution in [0.15, 0.2) is 22.7 Å². The van der Waals surface area contributed by atoms with Gasteiger partial charge in [0.15, 0.2) is 12.4 Å². The maximum Gasteiger partial charge on any atom is 0.335 e.